The molecule has 104 valence electrons. The monoisotopic (exact) mass is 283 g/mol. The van der Waals surface area contributed by atoms with Crippen LogP contribution in [0.15, 0.2) is 42.5 Å². The average Bonchev–Trinajstić information content (AvgIpc) is 2.47. The van der Waals surface area contributed by atoms with E-state index < -0.39 is 22.2 Å². The summed E-state index contributed by atoms with van der Waals surface area (Å²) < 4.78 is 12.9. The number of hydrogen-bond acceptors (Lipinski definition) is 4. The topological polar surface area (TPSA) is 90.0 Å². The van der Waals surface area contributed by atoms with Gasteiger partial charge in [0, 0.05) is 6.07 Å². The fourth-order valence-electron chi connectivity index (χ4n) is 1.74. The van der Waals surface area contributed by atoms with E-state index >= 15 is 0 Å². The summed E-state index contributed by atoms with van der Waals surface area (Å²) in [6, 6.07) is 10.8. The van der Waals surface area contributed by atoms with Crippen molar-refractivity contribution in [3.8, 4) is 11.8 Å². The number of halogens is 1. The molecular formula is C15H8FN2O3-. The normalized spacial score (nSPS) is 11.0. The Labute approximate surface area is 119 Å². The van der Waals surface area contributed by atoms with Crippen LogP contribution < -0.4 is 5.11 Å². The van der Waals surface area contributed by atoms with Crippen LogP contribution in [0.3, 0.4) is 0 Å². The second-order valence-corrected chi connectivity index (χ2v) is 4.16. The van der Waals surface area contributed by atoms with Crippen LogP contribution in [0.5, 0.6) is 5.75 Å². The van der Waals surface area contributed by atoms with Gasteiger partial charge in [-0.1, -0.05) is 24.3 Å². The standard InChI is InChI=1S/C15H9FN2O3/c16-13-4-2-11(3-5-13)12(9-17)7-10-1-6-15(19)14(8-10)18(20)21/h1-8,19H/p-1/b12-7+. The maximum atomic E-state index is 12.9. The maximum absolute atomic E-state index is 12.9. The Balaban J connectivity index is 2.46. The quantitative estimate of drug-likeness (QED) is 0.375. The Bertz CT molecular complexity index is 761. The zero-order chi connectivity index (χ0) is 15.4. The smallest absolute Gasteiger partial charge is 0.262 e. The zero-order valence-corrected chi connectivity index (χ0v) is 10.6. The molecule has 0 fully saturated rings. The highest BCUT2D eigenvalue weighted by Gasteiger charge is 2.08. The zero-order valence-electron chi connectivity index (χ0n) is 10.6. The molecule has 0 aliphatic rings. The summed E-state index contributed by atoms with van der Waals surface area (Å²) in [5.41, 5.74) is 0.484. The molecule has 0 spiro atoms. The van der Waals surface area contributed by atoms with E-state index in [9.17, 15) is 19.6 Å². The van der Waals surface area contributed by atoms with Gasteiger partial charge in [0.15, 0.2) is 0 Å². The predicted octanol–water partition coefficient (Wildman–Crippen LogP) is 2.87. The van der Waals surface area contributed by atoms with Crippen LogP contribution in [0.2, 0.25) is 0 Å². The minimum Gasteiger partial charge on any atom is -0.868 e. The predicted molar refractivity (Wildman–Crippen MR) is 72.4 cm³/mol. The van der Waals surface area contributed by atoms with Crippen molar-refractivity contribution in [2.75, 3.05) is 0 Å². The van der Waals surface area contributed by atoms with Crippen LogP contribution in [0.4, 0.5) is 10.1 Å². The van der Waals surface area contributed by atoms with Crippen molar-refractivity contribution in [2.45, 2.75) is 0 Å². The molecule has 0 amide bonds. The first kappa shape index (κ1) is 14.2. The van der Waals surface area contributed by atoms with E-state index in [1.54, 1.807) is 0 Å². The summed E-state index contributed by atoms with van der Waals surface area (Å²) >= 11 is 0. The van der Waals surface area contributed by atoms with E-state index in [1.807, 2.05) is 6.07 Å². The highest BCUT2D eigenvalue weighted by atomic mass is 19.1. The molecule has 21 heavy (non-hydrogen) atoms. The van der Waals surface area contributed by atoms with Gasteiger partial charge in [0.1, 0.15) is 5.82 Å². The fourth-order valence-corrected chi connectivity index (χ4v) is 1.74. The molecule has 0 saturated carbocycles. The fraction of sp³-hybridized carbons (Fsp3) is 0. The second-order valence-electron chi connectivity index (χ2n) is 4.16. The molecule has 0 aliphatic carbocycles. The summed E-state index contributed by atoms with van der Waals surface area (Å²) in [5, 5.41) is 31.2. The first-order chi connectivity index (χ1) is 10.0. The first-order valence-corrected chi connectivity index (χ1v) is 5.84. The van der Waals surface area contributed by atoms with Crippen molar-refractivity contribution in [1.29, 1.82) is 5.26 Å². The van der Waals surface area contributed by atoms with Gasteiger partial charge >= 0.3 is 0 Å². The summed E-state index contributed by atoms with van der Waals surface area (Å²) in [4.78, 5) is 9.94. The molecule has 2 aromatic carbocycles. The number of hydrogen-bond donors (Lipinski definition) is 0. The Hall–Kier alpha value is -3.20. The molecular weight excluding hydrogens is 275 g/mol. The van der Waals surface area contributed by atoms with Gasteiger partial charge in [-0.2, -0.15) is 5.26 Å². The number of nitrogens with zero attached hydrogens (tertiary/aromatic N) is 2. The number of nitro groups is 1. The van der Waals surface area contributed by atoms with E-state index in [4.69, 9.17) is 5.26 Å². The summed E-state index contributed by atoms with van der Waals surface area (Å²) in [7, 11) is 0. The molecule has 2 rings (SSSR count). The molecule has 0 aliphatic heterocycles. The van der Waals surface area contributed by atoms with E-state index in [0.29, 0.717) is 11.1 Å². The van der Waals surface area contributed by atoms with Crippen LogP contribution >= 0.6 is 0 Å². The van der Waals surface area contributed by atoms with E-state index in [0.717, 1.165) is 12.1 Å². The van der Waals surface area contributed by atoms with Gasteiger partial charge in [-0.25, -0.2) is 4.39 Å². The van der Waals surface area contributed by atoms with Crippen molar-refractivity contribution in [2.24, 2.45) is 0 Å². The van der Waals surface area contributed by atoms with Crippen LogP contribution in [-0.2, 0) is 0 Å². The van der Waals surface area contributed by atoms with Gasteiger partial charge in [0.05, 0.1) is 16.6 Å². The van der Waals surface area contributed by atoms with Crippen molar-refractivity contribution >= 4 is 17.3 Å². The highest BCUT2D eigenvalue weighted by Crippen LogP contribution is 2.26. The number of allylic oxidation sites excluding steroid dienone is 1. The number of nitro benzene ring substituents is 1. The average molecular weight is 283 g/mol. The van der Waals surface area contributed by atoms with E-state index in [-0.39, 0.29) is 5.57 Å². The molecule has 0 radical (unpaired) electrons. The molecule has 0 saturated heterocycles. The third kappa shape index (κ3) is 3.22. The lowest BCUT2D eigenvalue weighted by atomic mass is 10.0. The maximum Gasteiger partial charge on any atom is 0.262 e. The molecule has 6 heteroatoms. The minimum absolute atomic E-state index is 0.211. The lowest BCUT2D eigenvalue weighted by molar-refractivity contribution is -0.398. The SMILES string of the molecule is N#C/C(=C\c1ccc([O-])c([N+](=O)[O-])c1)c1ccc(F)cc1. The van der Waals surface area contributed by atoms with Crippen molar-refractivity contribution in [3.63, 3.8) is 0 Å². The number of rotatable bonds is 3. The van der Waals surface area contributed by atoms with Crippen LogP contribution in [0.1, 0.15) is 11.1 Å². The van der Waals surface area contributed by atoms with Gasteiger partial charge in [0.25, 0.3) is 5.69 Å². The van der Waals surface area contributed by atoms with Crippen LogP contribution in [0.25, 0.3) is 11.6 Å². The van der Waals surface area contributed by atoms with Crippen LogP contribution in [0, 0.1) is 27.3 Å². The van der Waals surface area contributed by atoms with Gasteiger partial charge in [-0.3, -0.25) is 10.1 Å². The van der Waals surface area contributed by atoms with E-state index in [1.165, 1.54) is 36.4 Å². The molecule has 0 aromatic heterocycles. The number of benzene rings is 2. The summed E-state index contributed by atoms with van der Waals surface area (Å²) in [6.07, 6.45) is 1.40. The van der Waals surface area contributed by atoms with Crippen LogP contribution in [-0.4, -0.2) is 4.92 Å². The molecule has 5 nitrogen and oxygen atoms in total. The van der Waals surface area contributed by atoms with Crippen molar-refractivity contribution < 1.29 is 14.4 Å². The van der Waals surface area contributed by atoms with Gasteiger partial charge in [-0.05, 0) is 35.1 Å². The Kier molecular flexibility index (Phi) is 3.95. The molecule has 0 atom stereocenters. The number of nitriles is 1. The molecule has 0 unspecified atom stereocenters. The molecule has 2 aromatic rings. The molecule has 0 N–H and O–H groups in total. The Morgan fingerprint density at radius 3 is 2.48 bits per heavy atom. The summed E-state index contributed by atoms with van der Waals surface area (Å²) in [6.45, 7) is 0. The van der Waals surface area contributed by atoms with Crippen molar-refractivity contribution in [1.82, 2.24) is 0 Å². The van der Waals surface area contributed by atoms with Gasteiger partial charge < -0.3 is 5.11 Å². The molecule has 0 bridgehead atoms. The molecule has 0 heterocycles. The minimum atomic E-state index is -0.774. The highest BCUT2D eigenvalue weighted by molar-refractivity contribution is 5.89. The van der Waals surface area contributed by atoms with Gasteiger partial charge in [0.2, 0.25) is 0 Å². The second kappa shape index (κ2) is 5.84. The largest absolute Gasteiger partial charge is 0.868 e. The first-order valence-electron chi connectivity index (χ1n) is 5.84. The summed E-state index contributed by atoms with van der Waals surface area (Å²) in [5.74, 6) is -1.13. The lowest BCUT2D eigenvalue weighted by Gasteiger charge is -2.06. The third-order valence-electron chi connectivity index (χ3n) is 2.77. The Morgan fingerprint density at radius 1 is 1.24 bits per heavy atom. The third-order valence-corrected chi connectivity index (χ3v) is 2.77. The van der Waals surface area contributed by atoms with Crippen molar-refractivity contribution in [3.05, 3.63) is 69.5 Å². The lowest BCUT2D eigenvalue weighted by Crippen LogP contribution is -1.97. The van der Waals surface area contributed by atoms with Gasteiger partial charge in [-0.15, -0.1) is 0 Å². The van der Waals surface area contributed by atoms with E-state index in [2.05, 4.69) is 0 Å². The Morgan fingerprint density at radius 2 is 1.90 bits per heavy atom.